The number of sulfonamides is 1. The van der Waals surface area contributed by atoms with Crippen LogP contribution in [0.5, 0.6) is 0 Å². The molecule has 0 unspecified atom stereocenters. The summed E-state index contributed by atoms with van der Waals surface area (Å²) in [5.41, 5.74) is 2.30. The summed E-state index contributed by atoms with van der Waals surface area (Å²) in [6, 6.07) is 6.68. The van der Waals surface area contributed by atoms with Crippen LogP contribution >= 0.6 is 0 Å². The van der Waals surface area contributed by atoms with Crippen LogP contribution in [0.2, 0.25) is 0 Å². The molecular formula is C24H34N6O3S. The van der Waals surface area contributed by atoms with E-state index in [4.69, 9.17) is 0 Å². The van der Waals surface area contributed by atoms with E-state index in [9.17, 15) is 13.2 Å². The third kappa shape index (κ3) is 6.25. The van der Waals surface area contributed by atoms with Gasteiger partial charge in [0.25, 0.3) is 0 Å². The number of rotatable bonds is 8. The zero-order valence-electron chi connectivity index (χ0n) is 19.6. The largest absolute Gasteiger partial charge is 0.366 e. The number of hydrogen-bond acceptors (Lipinski definition) is 6. The molecule has 0 saturated carbocycles. The Morgan fingerprint density at radius 2 is 2.00 bits per heavy atom. The second-order valence-corrected chi connectivity index (χ2v) is 10.8. The molecule has 0 radical (unpaired) electrons. The van der Waals surface area contributed by atoms with Crippen molar-refractivity contribution < 1.29 is 13.2 Å². The summed E-state index contributed by atoms with van der Waals surface area (Å²) in [5, 5.41) is 12.8. The molecule has 4 rings (SSSR count). The third-order valence-corrected chi connectivity index (χ3v) is 8.07. The van der Waals surface area contributed by atoms with E-state index in [1.165, 1.54) is 6.42 Å². The summed E-state index contributed by atoms with van der Waals surface area (Å²) < 4.78 is 28.4. The lowest BCUT2D eigenvalue weighted by molar-refractivity contribution is -0.117. The maximum absolute atomic E-state index is 12.8. The fourth-order valence-electron chi connectivity index (χ4n) is 4.42. The number of benzene rings is 1. The van der Waals surface area contributed by atoms with Crippen molar-refractivity contribution in [3.8, 4) is 0 Å². The highest BCUT2D eigenvalue weighted by Gasteiger charge is 2.20. The molecule has 2 aliphatic rings. The lowest BCUT2D eigenvalue weighted by Gasteiger charge is -2.27. The van der Waals surface area contributed by atoms with Crippen LogP contribution in [0.3, 0.4) is 0 Å². The molecule has 0 aliphatic carbocycles. The number of amides is 1. The molecule has 1 atom stereocenters. The number of anilines is 1. The normalized spacial score (nSPS) is 19.3. The molecule has 0 bridgehead atoms. The van der Waals surface area contributed by atoms with Gasteiger partial charge in [0.15, 0.2) is 0 Å². The standard InChI is InChI=1S/C24H34N6O3S/c1-2-30-11-4-3-5-18(10-12-30)15-28-34(32,33)22-8-6-19(7-9-22)14-26-24(31)21-13-20-17-27-29-23(20)25-16-21/h6-9,13,17-18,28H,2-5,10-12,14-16H2,1H3,(H,26,31)(H2,25,27,29)/t18-/m0/s1. The molecule has 2 aromatic rings. The van der Waals surface area contributed by atoms with Crippen LogP contribution in [0.1, 0.15) is 43.7 Å². The average Bonchev–Trinajstić information content (AvgIpc) is 3.30. The average molecular weight is 487 g/mol. The van der Waals surface area contributed by atoms with Gasteiger partial charge in [-0.1, -0.05) is 25.5 Å². The van der Waals surface area contributed by atoms with E-state index >= 15 is 0 Å². The van der Waals surface area contributed by atoms with E-state index in [1.54, 1.807) is 30.5 Å². The molecule has 1 amide bonds. The number of aromatic nitrogens is 2. The Kier molecular flexibility index (Phi) is 8.02. The number of likely N-dealkylation sites (tertiary alicyclic amines) is 1. The molecule has 0 spiro atoms. The van der Waals surface area contributed by atoms with Crippen molar-refractivity contribution in [1.82, 2.24) is 25.1 Å². The van der Waals surface area contributed by atoms with Crippen molar-refractivity contribution in [2.75, 3.05) is 38.0 Å². The quantitative estimate of drug-likeness (QED) is 0.455. The van der Waals surface area contributed by atoms with Gasteiger partial charge in [-0.25, -0.2) is 13.1 Å². The van der Waals surface area contributed by atoms with E-state index in [0.717, 1.165) is 55.8 Å². The molecule has 1 fully saturated rings. The van der Waals surface area contributed by atoms with Gasteiger partial charge in [0, 0.05) is 30.8 Å². The first-order valence-corrected chi connectivity index (χ1v) is 13.5. The van der Waals surface area contributed by atoms with Gasteiger partial charge in [0.05, 0.1) is 11.1 Å². The van der Waals surface area contributed by atoms with Crippen LogP contribution in [-0.2, 0) is 21.4 Å². The third-order valence-electron chi connectivity index (χ3n) is 6.63. The van der Waals surface area contributed by atoms with Crippen molar-refractivity contribution in [1.29, 1.82) is 0 Å². The zero-order chi connectivity index (χ0) is 24.0. The van der Waals surface area contributed by atoms with Gasteiger partial charge in [-0.05, 0) is 68.6 Å². The molecule has 1 aromatic carbocycles. The van der Waals surface area contributed by atoms with Gasteiger partial charge in [0.2, 0.25) is 15.9 Å². The van der Waals surface area contributed by atoms with Crippen molar-refractivity contribution in [2.45, 2.75) is 44.0 Å². The minimum Gasteiger partial charge on any atom is -0.366 e. The van der Waals surface area contributed by atoms with Gasteiger partial charge < -0.3 is 15.5 Å². The maximum atomic E-state index is 12.8. The highest BCUT2D eigenvalue weighted by molar-refractivity contribution is 7.89. The van der Waals surface area contributed by atoms with Crippen molar-refractivity contribution in [2.24, 2.45) is 5.92 Å². The van der Waals surface area contributed by atoms with Crippen LogP contribution < -0.4 is 15.4 Å². The van der Waals surface area contributed by atoms with E-state index in [2.05, 4.69) is 37.4 Å². The number of nitrogens with one attached hydrogen (secondary N) is 4. The Balaban J connectivity index is 1.28. The summed E-state index contributed by atoms with van der Waals surface area (Å²) >= 11 is 0. The van der Waals surface area contributed by atoms with Gasteiger partial charge in [-0.3, -0.25) is 9.89 Å². The van der Waals surface area contributed by atoms with E-state index in [-0.39, 0.29) is 10.8 Å². The number of hydrogen-bond donors (Lipinski definition) is 4. The molecule has 184 valence electrons. The van der Waals surface area contributed by atoms with Crippen LogP contribution in [0.4, 0.5) is 5.82 Å². The van der Waals surface area contributed by atoms with Crippen molar-refractivity contribution in [3.63, 3.8) is 0 Å². The van der Waals surface area contributed by atoms with Crippen LogP contribution in [0, 0.1) is 5.92 Å². The van der Waals surface area contributed by atoms with Crippen molar-refractivity contribution >= 4 is 27.8 Å². The predicted octanol–water partition coefficient (Wildman–Crippen LogP) is 2.33. The molecule has 10 heteroatoms. The SMILES string of the molecule is CCN1CCCC[C@H](CNS(=O)(=O)c2ccc(CNC(=O)C3=Cc4cn[nH]c4NC3)cc2)CC1. The molecule has 3 heterocycles. The topological polar surface area (TPSA) is 119 Å². The van der Waals surface area contributed by atoms with E-state index in [0.29, 0.717) is 31.1 Å². The highest BCUT2D eigenvalue weighted by Crippen LogP contribution is 2.21. The van der Waals surface area contributed by atoms with Gasteiger partial charge in [-0.2, -0.15) is 5.10 Å². The first-order chi connectivity index (χ1) is 16.4. The minimum absolute atomic E-state index is 0.168. The second-order valence-electron chi connectivity index (χ2n) is 8.99. The number of carbonyl (C=O) groups is 1. The summed E-state index contributed by atoms with van der Waals surface area (Å²) in [6.07, 6.45) is 7.86. The van der Waals surface area contributed by atoms with Crippen LogP contribution in [0.15, 0.2) is 40.9 Å². The number of fused-ring (bicyclic) bond motifs is 1. The fraction of sp³-hybridized carbons (Fsp3) is 0.500. The fourth-order valence-corrected chi connectivity index (χ4v) is 5.53. The van der Waals surface area contributed by atoms with E-state index < -0.39 is 10.0 Å². The number of H-pyrrole nitrogens is 1. The lowest BCUT2D eigenvalue weighted by atomic mass is 9.96. The Hall–Kier alpha value is -2.69. The van der Waals surface area contributed by atoms with Gasteiger partial charge in [-0.15, -0.1) is 0 Å². The van der Waals surface area contributed by atoms with Gasteiger partial charge in [0.1, 0.15) is 5.82 Å². The Labute approximate surface area is 201 Å². The predicted molar refractivity (Wildman–Crippen MR) is 133 cm³/mol. The molecular weight excluding hydrogens is 452 g/mol. The van der Waals surface area contributed by atoms with Crippen LogP contribution in [-0.4, -0.2) is 62.1 Å². The monoisotopic (exact) mass is 486 g/mol. The number of nitrogens with zero attached hydrogens (tertiary/aromatic N) is 2. The maximum Gasteiger partial charge on any atom is 0.249 e. The Morgan fingerprint density at radius 3 is 2.79 bits per heavy atom. The van der Waals surface area contributed by atoms with Gasteiger partial charge >= 0.3 is 0 Å². The van der Waals surface area contributed by atoms with E-state index in [1.807, 2.05) is 6.08 Å². The highest BCUT2D eigenvalue weighted by atomic mass is 32.2. The first kappa shape index (κ1) is 24.4. The van der Waals surface area contributed by atoms with Crippen molar-refractivity contribution in [3.05, 3.63) is 47.2 Å². The summed E-state index contributed by atoms with van der Waals surface area (Å²) in [5.74, 6) is 0.998. The summed E-state index contributed by atoms with van der Waals surface area (Å²) in [6.45, 7) is 6.60. The molecule has 1 aromatic heterocycles. The Bertz CT molecular complexity index is 1110. The number of aromatic amines is 1. The lowest BCUT2D eigenvalue weighted by Crippen LogP contribution is -2.34. The second kappa shape index (κ2) is 11.2. The molecule has 4 N–H and O–H groups in total. The number of carbonyl (C=O) groups excluding carboxylic acids is 1. The molecule has 34 heavy (non-hydrogen) atoms. The molecule has 1 saturated heterocycles. The molecule has 2 aliphatic heterocycles. The Morgan fingerprint density at radius 1 is 1.18 bits per heavy atom. The molecule has 9 nitrogen and oxygen atoms in total. The summed E-state index contributed by atoms with van der Waals surface area (Å²) in [4.78, 5) is 15.2. The summed E-state index contributed by atoms with van der Waals surface area (Å²) in [7, 11) is -3.57. The smallest absolute Gasteiger partial charge is 0.249 e. The first-order valence-electron chi connectivity index (χ1n) is 12.0. The van der Waals surface area contributed by atoms with Crippen LogP contribution in [0.25, 0.3) is 6.08 Å². The minimum atomic E-state index is -3.57. The zero-order valence-corrected chi connectivity index (χ0v) is 20.5.